The number of nitrogens with one attached hydrogen (secondary N) is 2. The third-order valence-electron chi connectivity index (χ3n) is 4.54. The molecule has 0 bridgehead atoms. The van der Waals surface area contributed by atoms with E-state index in [0.717, 1.165) is 24.3 Å². The molecule has 1 aliphatic rings. The number of benzene rings is 2. The fraction of sp³-hybridized carbons (Fsp3) is 0.364. The van der Waals surface area contributed by atoms with E-state index in [0.29, 0.717) is 33.8 Å². The number of ether oxygens (including phenoxy) is 2. The van der Waals surface area contributed by atoms with Crippen molar-refractivity contribution in [3.05, 3.63) is 59.2 Å². The molecule has 2 aromatic rings. The van der Waals surface area contributed by atoms with E-state index in [1.807, 2.05) is 35.7 Å². The molecule has 0 spiro atoms. The van der Waals surface area contributed by atoms with Gasteiger partial charge in [-0.25, -0.2) is 0 Å². The maximum Gasteiger partial charge on any atom is 0.269 e. The second-order valence-corrected chi connectivity index (χ2v) is 9.40. The summed E-state index contributed by atoms with van der Waals surface area (Å²) in [7, 11) is 1.53. The molecule has 1 saturated heterocycles. The molecule has 0 atom stereocenters. The molecule has 30 heavy (non-hydrogen) atoms. The van der Waals surface area contributed by atoms with E-state index in [-0.39, 0.29) is 5.91 Å². The van der Waals surface area contributed by atoms with Gasteiger partial charge in [-0.3, -0.25) is 20.4 Å². The molecule has 2 N–H and O–H groups in total. The first-order valence-electron chi connectivity index (χ1n) is 9.87. The van der Waals surface area contributed by atoms with E-state index in [1.54, 1.807) is 30.3 Å². The number of carbonyl (C=O) groups is 2. The van der Waals surface area contributed by atoms with Crippen LogP contribution in [0.5, 0.6) is 11.5 Å². The average Bonchev–Trinajstić information content (AvgIpc) is 3.32. The van der Waals surface area contributed by atoms with E-state index in [1.165, 1.54) is 12.7 Å². The third-order valence-corrected chi connectivity index (χ3v) is 7.64. The van der Waals surface area contributed by atoms with Gasteiger partial charge in [0.1, 0.15) is 0 Å². The van der Waals surface area contributed by atoms with Crippen LogP contribution in [0.1, 0.15) is 50.6 Å². The van der Waals surface area contributed by atoms with Crippen LogP contribution in [-0.4, -0.2) is 37.0 Å². The monoisotopic (exact) mass is 446 g/mol. The Labute approximate surface area is 185 Å². The molecule has 2 amide bonds. The number of hydrazine groups is 1. The molecule has 1 aliphatic heterocycles. The second-order valence-electron chi connectivity index (χ2n) is 6.67. The van der Waals surface area contributed by atoms with Gasteiger partial charge in [-0.15, -0.1) is 23.5 Å². The first-order chi connectivity index (χ1) is 14.6. The maximum atomic E-state index is 12.4. The first kappa shape index (κ1) is 22.4. The molecule has 6 nitrogen and oxygen atoms in total. The summed E-state index contributed by atoms with van der Waals surface area (Å²) in [6.45, 7) is 2.68. The lowest BCUT2D eigenvalue weighted by Gasteiger charge is -2.13. The van der Waals surface area contributed by atoms with Crippen molar-refractivity contribution in [1.82, 2.24) is 10.9 Å². The van der Waals surface area contributed by atoms with E-state index in [2.05, 4.69) is 17.8 Å². The predicted octanol–water partition coefficient (Wildman–Crippen LogP) is 4.43. The van der Waals surface area contributed by atoms with Crippen molar-refractivity contribution in [2.24, 2.45) is 0 Å². The molecule has 0 unspecified atom stereocenters. The number of unbranched alkanes of at least 4 members (excludes halogenated alkanes) is 1. The van der Waals surface area contributed by atoms with Crippen molar-refractivity contribution in [2.45, 2.75) is 24.3 Å². The third kappa shape index (κ3) is 5.86. The highest BCUT2D eigenvalue weighted by Crippen LogP contribution is 2.45. The SMILES string of the molecule is CCCCOc1ccc(C(=O)NNC(=O)c2ccc(C3SCCS3)cc2)cc1OC. The zero-order valence-corrected chi connectivity index (χ0v) is 18.7. The molecular weight excluding hydrogens is 420 g/mol. The lowest BCUT2D eigenvalue weighted by molar-refractivity contribution is 0.0846. The summed E-state index contributed by atoms with van der Waals surface area (Å²) in [6, 6.07) is 12.4. The predicted molar refractivity (Wildman–Crippen MR) is 122 cm³/mol. The van der Waals surface area contributed by atoms with Crippen LogP contribution < -0.4 is 20.3 Å². The number of amides is 2. The van der Waals surface area contributed by atoms with E-state index in [9.17, 15) is 9.59 Å². The van der Waals surface area contributed by atoms with Crippen LogP contribution in [-0.2, 0) is 0 Å². The number of carbonyl (C=O) groups excluding carboxylic acids is 2. The van der Waals surface area contributed by atoms with Crippen molar-refractivity contribution in [3.63, 3.8) is 0 Å². The average molecular weight is 447 g/mol. The quantitative estimate of drug-likeness (QED) is 0.462. The summed E-state index contributed by atoms with van der Waals surface area (Å²) in [6.07, 6.45) is 1.97. The summed E-state index contributed by atoms with van der Waals surface area (Å²) in [5.41, 5.74) is 6.96. The van der Waals surface area contributed by atoms with Crippen LogP contribution in [0.4, 0.5) is 0 Å². The minimum absolute atomic E-state index is 0.362. The zero-order valence-electron chi connectivity index (χ0n) is 17.1. The highest BCUT2D eigenvalue weighted by atomic mass is 32.2. The lowest BCUT2D eigenvalue weighted by Crippen LogP contribution is -2.41. The van der Waals surface area contributed by atoms with Crippen LogP contribution in [0.3, 0.4) is 0 Å². The Morgan fingerprint density at radius 1 is 0.967 bits per heavy atom. The summed E-state index contributed by atoms with van der Waals surface area (Å²) in [5.74, 6) is 2.57. The Morgan fingerprint density at radius 3 is 2.23 bits per heavy atom. The van der Waals surface area contributed by atoms with Crippen molar-refractivity contribution in [2.75, 3.05) is 25.2 Å². The van der Waals surface area contributed by atoms with Crippen molar-refractivity contribution < 1.29 is 19.1 Å². The van der Waals surface area contributed by atoms with Gasteiger partial charge in [0.2, 0.25) is 0 Å². The molecule has 0 saturated carbocycles. The number of methoxy groups -OCH3 is 1. The van der Waals surface area contributed by atoms with Gasteiger partial charge in [-0.05, 0) is 42.3 Å². The Bertz CT molecular complexity index is 868. The van der Waals surface area contributed by atoms with Gasteiger partial charge in [0, 0.05) is 22.6 Å². The minimum atomic E-state index is -0.433. The minimum Gasteiger partial charge on any atom is -0.493 e. The Morgan fingerprint density at radius 2 is 1.60 bits per heavy atom. The van der Waals surface area contributed by atoms with Gasteiger partial charge in [0.05, 0.1) is 18.3 Å². The number of rotatable bonds is 8. The van der Waals surface area contributed by atoms with Gasteiger partial charge in [-0.2, -0.15) is 0 Å². The van der Waals surface area contributed by atoms with E-state index < -0.39 is 5.91 Å². The molecule has 0 radical (unpaired) electrons. The van der Waals surface area contributed by atoms with Crippen LogP contribution in [0.25, 0.3) is 0 Å². The van der Waals surface area contributed by atoms with Crippen molar-refractivity contribution >= 4 is 35.3 Å². The van der Waals surface area contributed by atoms with Gasteiger partial charge >= 0.3 is 0 Å². The number of hydrogen-bond donors (Lipinski definition) is 2. The summed E-state index contributed by atoms with van der Waals surface area (Å²) in [4.78, 5) is 24.8. The molecular formula is C22H26N2O4S2. The zero-order chi connectivity index (χ0) is 21.3. The maximum absolute atomic E-state index is 12.4. The highest BCUT2D eigenvalue weighted by molar-refractivity contribution is 8.19. The van der Waals surface area contributed by atoms with Crippen molar-refractivity contribution in [1.29, 1.82) is 0 Å². The Kier molecular flexibility index (Phi) is 8.33. The van der Waals surface area contributed by atoms with Crippen molar-refractivity contribution in [3.8, 4) is 11.5 Å². The normalized spacial score (nSPS) is 13.7. The van der Waals surface area contributed by atoms with Gasteiger partial charge in [-0.1, -0.05) is 25.5 Å². The summed E-state index contributed by atoms with van der Waals surface area (Å²) >= 11 is 3.83. The molecule has 8 heteroatoms. The molecule has 1 fully saturated rings. The number of hydrogen-bond acceptors (Lipinski definition) is 6. The van der Waals surface area contributed by atoms with Gasteiger partial charge in [0.15, 0.2) is 11.5 Å². The van der Waals surface area contributed by atoms with Crippen LogP contribution in [0.15, 0.2) is 42.5 Å². The standard InChI is InChI=1S/C22H26N2O4S2/c1-3-4-11-28-18-10-9-17(14-19(18)27-2)21(26)24-23-20(25)15-5-7-16(8-6-15)22-29-12-13-30-22/h5-10,14,22H,3-4,11-13H2,1-2H3,(H,23,25)(H,24,26). The number of thioether (sulfide) groups is 2. The van der Waals surface area contributed by atoms with Gasteiger partial charge in [0.25, 0.3) is 11.8 Å². The van der Waals surface area contributed by atoms with Crippen LogP contribution in [0.2, 0.25) is 0 Å². The van der Waals surface area contributed by atoms with Crippen LogP contribution in [0, 0.1) is 0 Å². The molecule has 1 heterocycles. The fourth-order valence-corrected chi connectivity index (χ4v) is 5.71. The lowest BCUT2D eigenvalue weighted by atomic mass is 10.1. The molecule has 2 aromatic carbocycles. The topological polar surface area (TPSA) is 76.7 Å². The largest absolute Gasteiger partial charge is 0.493 e. The van der Waals surface area contributed by atoms with Gasteiger partial charge < -0.3 is 9.47 Å². The molecule has 0 aliphatic carbocycles. The molecule has 160 valence electrons. The second kappa shape index (κ2) is 11.2. The Balaban J connectivity index is 1.56. The summed E-state index contributed by atoms with van der Waals surface area (Å²) < 4.78 is 11.4. The first-order valence-corrected chi connectivity index (χ1v) is 12.0. The molecule has 0 aromatic heterocycles. The highest BCUT2D eigenvalue weighted by Gasteiger charge is 2.18. The fourth-order valence-electron chi connectivity index (χ4n) is 2.85. The van der Waals surface area contributed by atoms with E-state index >= 15 is 0 Å². The molecule has 3 rings (SSSR count). The van der Waals surface area contributed by atoms with Crippen LogP contribution >= 0.6 is 23.5 Å². The Hall–Kier alpha value is -2.32. The smallest absolute Gasteiger partial charge is 0.269 e. The summed E-state index contributed by atoms with van der Waals surface area (Å²) in [5, 5.41) is 0. The van der Waals surface area contributed by atoms with E-state index in [4.69, 9.17) is 9.47 Å².